The molecule has 1 amide bonds. The Kier molecular flexibility index (Phi) is 4.62. The summed E-state index contributed by atoms with van der Waals surface area (Å²) in [6.07, 6.45) is 0.870. The number of hydrogen-bond acceptors (Lipinski definition) is 6. The van der Waals surface area contributed by atoms with Gasteiger partial charge >= 0.3 is 0 Å². The molecule has 1 saturated heterocycles. The van der Waals surface area contributed by atoms with Gasteiger partial charge in [0.25, 0.3) is 5.91 Å². The number of piperazine rings is 1. The highest BCUT2D eigenvalue weighted by molar-refractivity contribution is 5.95. The zero-order chi connectivity index (χ0) is 17.9. The van der Waals surface area contributed by atoms with E-state index in [1.165, 1.54) is 6.26 Å². The molecule has 3 heterocycles. The molecule has 1 atom stereocenters. The summed E-state index contributed by atoms with van der Waals surface area (Å²) in [5.41, 5.74) is 0. The summed E-state index contributed by atoms with van der Waals surface area (Å²) >= 11 is 0. The van der Waals surface area contributed by atoms with Gasteiger partial charge in [0, 0.05) is 26.2 Å². The molecule has 2 aliphatic heterocycles. The number of nitrogens with zero attached hydrogens (tertiary/aromatic N) is 2. The third-order valence-corrected chi connectivity index (χ3v) is 4.63. The first-order chi connectivity index (χ1) is 12.7. The molecule has 2 aromatic rings. The first-order valence-electron chi connectivity index (χ1n) is 8.67. The van der Waals surface area contributed by atoms with E-state index in [0.29, 0.717) is 50.0 Å². The van der Waals surface area contributed by atoms with E-state index in [9.17, 15) is 9.59 Å². The summed E-state index contributed by atoms with van der Waals surface area (Å²) in [6.45, 7) is 2.92. The zero-order valence-corrected chi connectivity index (χ0v) is 14.3. The lowest BCUT2D eigenvalue weighted by Gasteiger charge is -2.36. The van der Waals surface area contributed by atoms with E-state index in [1.54, 1.807) is 23.1 Å². The minimum Gasteiger partial charge on any atom is -0.485 e. The van der Waals surface area contributed by atoms with Crippen molar-refractivity contribution in [3.05, 3.63) is 48.4 Å². The van der Waals surface area contributed by atoms with Crippen LogP contribution in [-0.4, -0.2) is 66.9 Å². The fraction of sp³-hybridized carbons (Fsp3) is 0.368. The molecule has 1 fully saturated rings. The van der Waals surface area contributed by atoms with Crippen molar-refractivity contribution in [2.24, 2.45) is 0 Å². The molecule has 136 valence electrons. The van der Waals surface area contributed by atoms with Gasteiger partial charge in [-0.25, -0.2) is 0 Å². The van der Waals surface area contributed by atoms with E-state index in [2.05, 4.69) is 0 Å². The van der Waals surface area contributed by atoms with Crippen molar-refractivity contribution in [2.45, 2.75) is 6.10 Å². The second-order valence-corrected chi connectivity index (χ2v) is 6.37. The molecule has 7 heteroatoms. The van der Waals surface area contributed by atoms with Crippen LogP contribution in [0.1, 0.15) is 10.6 Å². The second kappa shape index (κ2) is 7.21. The average molecular weight is 356 g/mol. The van der Waals surface area contributed by atoms with E-state index >= 15 is 0 Å². The number of ketones is 1. The lowest BCUT2D eigenvalue weighted by molar-refractivity contribution is -0.142. The number of hydrogen-bond donors (Lipinski definition) is 0. The SMILES string of the molecule is O=C(CN1CCN(C(=O)C2COc3ccccc3O2)CC1)c1ccco1. The van der Waals surface area contributed by atoms with Crippen LogP contribution in [0.2, 0.25) is 0 Å². The predicted octanol–water partition coefficient (Wildman–Crippen LogP) is 1.45. The zero-order valence-electron chi connectivity index (χ0n) is 14.3. The fourth-order valence-corrected chi connectivity index (χ4v) is 3.19. The first kappa shape index (κ1) is 16.7. The topological polar surface area (TPSA) is 72.2 Å². The summed E-state index contributed by atoms with van der Waals surface area (Å²) in [7, 11) is 0. The van der Waals surface area contributed by atoms with Crippen molar-refractivity contribution < 1.29 is 23.5 Å². The maximum absolute atomic E-state index is 12.7. The number of rotatable bonds is 4. The van der Waals surface area contributed by atoms with Gasteiger partial charge in [-0.15, -0.1) is 0 Å². The monoisotopic (exact) mass is 356 g/mol. The van der Waals surface area contributed by atoms with Gasteiger partial charge in [-0.05, 0) is 24.3 Å². The molecule has 0 spiro atoms. The maximum Gasteiger partial charge on any atom is 0.267 e. The molecule has 0 aliphatic carbocycles. The summed E-state index contributed by atoms with van der Waals surface area (Å²) in [5.74, 6) is 1.51. The number of fused-ring (bicyclic) bond motifs is 1. The van der Waals surface area contributed by atoms with E-state index in [4.69, 9.17) is 13.9 Å². The number of Topliss-reactive ketones (excluding diaryl/α,β-unsaturated/α-hetero) is 1. The van der Waals surface area contributed by atoms with E-state index in [-0.39, 0.29) is 18.3 Å². The molecule has 1 unspecified atom stereocenters. The van der Waals surface area contributed by atoms with E-state index in [1.807, 2.05) is 23.1 Å². The van der Waals surface area contributed by atoms with Crippen molar-refractivity contribution in [3.8, 4) is 11.5 Å². The summed E-state index contributed by atoms with van der Waals surface area (Å²) < 4.78 is 16.5. The number of furan rings is 1. The van der Waals surface area contributed by atoms with Crippen molar-refractivity contribution in [1.29, 1.82) is 0 Å². The molecular formula is C19H20N2O5. The summed E-state index contributed by atoms with van der Waals surface area (Å²) in [6, 6.07) is 10.7. The minimum atomic E-state index is -0.624. The maximum atomic E-state index is 12.7. The van der Waals surface area contributed by atoms with Crippen LogP contribution in [0.15, 0.2) is 47.1 Å². The molecular weight excluding hydrogens is 336 g/mol. The summed E-state index contributed by atoms with van der Waals surface area (Å²) in [5, 5.41) is 0. The van der Waals surface area contributed by atoms with Gasteiger partial charge in [0.15, 0.2) is 17.3 Å². The van der Waals surface area contributed by atoms with Crippen molar-refractivity contribution >= 4 is 11.7 Å². The molecule has 7 nitrogen and oxygen atoms in total. The van der Waals surface area contributed by atoms with Crippen LogP contribution < -0.4 is 9.47 Å². The molecule has 0 bridgehead atoms. The van der Waals surface area contributed by atoms with Crippen LogP contribution in [0.25, 0.3) is 0 Å². The number of carbonyl (C=O) groups is 2. The number of para-hydroxylation sites is 2. The normalized spacial score (nSPS) is 20.0. The second-order valence-electron chi connectivity index (χ2n) is 6.37. The van der Waals surface area contributed by atoms with Crippen LogP contribution in [0.5, 0.6) is 11.5 Å². The summed E-state index contributed by atoms with van der Waals surface area (Å²) in [4.78, 5) is 28.6. The van der Waals surface area contributed by atoms with Gasteiger partial charge in [0.1, 0.15) is 6.61 Å². The quantitative estimate of drug-likeness (QED) is 0.772. The van der Waals surface area contributed by atoms with Crippen LogP contribution in [0, 0.1) is 0 Å². The molecule has 1 aromatic heterocycles. The highest BCUT2D eigenvalue weighted by Crippen LogP contribution is 2.31. The third-order valence-electron chi connectivity index (χ3n) is 4.63. The van der Waals surface area contributed by atoms with E-state index < -0.39 is 6.10 Å². The molecule has 26 heavy (non-hydrogen) atoms. The van der Waals surface area contributed by atoms with Crippen molar-refractivity contribution in [1.82, 2.24) is 9.80 Å². The number of carbonyl (C=O) groups excluding carboxylic acids is 2. The van der Waals surface area contributed by atoms with Crippen molar-refractivity contribution in [2.75, 3.05) is 39.3 Å². The lowest BCUT2D eigenvalue weighted by Crippen LogP contribution is -2.54. The Labute approximate surface area is 151 Å². The van der Waals surface area contributed by atoms with Gasteiger partial charge in [-0.3, -0.25) is 14.5 Å². The Morgan fingerprint density at radius 3 is 2.50 bits per heavy atom. The average Bonchev–Trinajstić information content (AvgIpc) is 3.23. The Bertz CT molecular complexity index is 781. The number of benzene rings is 1. The highest BCUT2D eigenvalue weighted by atomic mass is 16.6. The van der Waals surface area contributed by atoms with Gasteiger partial charge < -0.3 is 18.8 Å². The van der Waals surface area contributed by atoms with Gasteiger partial charge in [-0.1, -0.05) is 12.1 Å². The Morgan fingerprint density at radius 2 is 1.77 bits per heavy atom. The van der Waals surface area contributed by atoms with Crippen LogP contribution >= 0.6 is 0 Å². The lowest BCUT2D eigenvalue weighted by atomic mass is 10.2. The molecule has 1 aromatic carbocycles. The Hall–Kier alpha value is -2.80. The van der Waals surface area contributed by atoms with Crippen LogP contribution in [0.3, 0.4) is 0 Å². The minimum absolute atomic E-state index is 0.0459. The number of amides is 1. The van der Waals surface area contributed by atoms with E-state index in [0.717, 1.165) is 0 Å². The van der Waals surface area contributed by atoms with Crippen LogP contribution in [-0.2, 0) is 4.79 Å². The molecule has 0 N–H and O–H groups in total. The molecule has 0 radical (unpaired) electrons. The van der Waals surface area contributed by atoms with Gasteiger partial charge in [0.2, 0.25) is 11.9 Å². The standard InChI is InChI=1S/C19H20N2O5/c22-14(15-6-3-11-24-15)12-20-7-9-21(10-8-20)19(23)18-13-25-16-4-1-2-5-17(16)26-18/h1-6,11,18H,7-10,12-13H2. The Morgan fingerprint density at radius 1 is 1.00 bits per heavy atom. The largest absolute Gasteiger partial charge is 0.485 e. The third kappa shape index (κ3) is 3.43. The van der Waals surface area contributed by atoms with Gasteiger partial charge in [-0.2, -0.15) is 0 Å². The molecule has 2 aliphatic rings. The first-order valence-corrected chi connectivity index (χ1v) is 8.67. The number of ether oxygens (including phenoxy) is 2. The molecule has 4 rings (SSSR count). The van der Waals surface area contributed by atoms with Crippen molar-refractivity contribution in [3.63, 3.8) is 0 Å². The van der Waals surface area contributed by atoms with Gasteiger partial charge in [0.05, 0.1) is 12.8 Å². The predicted molar refractivity (Wildman–Crippen MR) is 92.4 cm³/mol. The Balaban J connectivity index is 1.29. The smallest absolute Gasteiger partial charge is 0.267 e. The molecule has 0 saturated carbocycles. The highest BCUT2D eigenvalue weighted by Gasteiger charge is 2.33. The van der Waals surface area contributed by atoms with Crippen LogP contribution in [0.4, 0.5) is 0 Å². The fourth-order valence-electron chi connectivity index (χ4n) is 3.19.